The van der Waals surface area contributed by atoms with Crippen LogP contribution < -0.4 is 15.0 Å². The highest BCUT2D eigenvalue weighted by molar-refractivity contribution is 6.33. The number of benzene rings is 2. The van der Waals surface area contributed by atoms with Crippen LogP contribution in [0.1, 0.15) is 38.2 Å². The van der Waals surface area contributed by atoms with Gasteiger partial charge in [0.25, 0.3) is 0 Å². The van der Waals surface area contributed by atoms with Crippen molar-refractivity contribution in [1.82, 2.24) is 14.5 Å². The Balaban J connectivity index is 1.45. The van der Waals surface area contributed by atoms with Gasteiger partial charge < -0.3 is 24.4 Å². The van der Waals surface area contributed by atoms with Crippen LogP contribution in [0.25, 0.3) is 0 Å². The Bertz CT molecular complexity index is 1300. The van der Waals surface area contributed by atoms with Crippen molar-refractivity contribution >= 4 is 34.8 Å². The van der Waals surface area contributed by atoms with Gasteiger partial charge in [-0.3, -0.25) is 9.59 Å². The van der Waals surface area contributed by atoms with Crippen molar-refractivity contribution in [2.24, 2.45) is 0 Å². The molecular formula is C28H31ClF3N5O3. The second kappa shape index (κ2) is 13.1. The zero-order valence-corrected chi connectivity index (χ0v) is 22.8. The van der Waals surface area contributed by atoms with Crippen LogP contribution in [-0.2, 0) is 22.7 Å². The third-order valence-corrected chi connectivity index (χ3v) is 6.86. The molecular weight excluding hydrogens is 547 g/mol. The average molecular weight is 578 g/mol. The van der Waals surface area contributed by atoms with Gasteiger partial charge in [0.15, 0.2) is 0 Å². The summed E-state index contributed by atoms with van der Waals surface area (Å²) in [7, 11) is 0. The Hall–Kier alpha value is -3.73. The Morgan fingerprint density at radius 1 is 1.20 bits per heavy atom. The molecule has 0 bridgehead atoms. The SMILES string of the molecule is CCCN(Cc1cccc(OC(F)(F)F)c1)c1ccc(NC(=O)[C@H]2CCCCN2C(=O)Cn2ccnc2)cc1Cl. The van der Waals surface area contributed by atoms with Crippen LogP contribution in [0.4, 0.5) is 24.5 Å². The molecule has 0 radical (unpaired) electrons. The summed E-state index contributed by atoms with van der Waals surface area (Å²) < 4.78 is 43.7. The molecule has 0 aliphatic carbocycles. The summed E-state index contributed by atoms with van der Waals surface area (Å²) in [4.78, 5) is 33.7. The molecule has 1 aliphatic rings. The van der Waals surface area contributed by atoms with Crippen molar-refractivity contribution in [2.45, 2.75) is 58.1 Å². The van der Waals surface area contributed by atoms with Crippen LogP contribution in [0.5, 0.6) is 5.75 Å². The lowest BCUT2D eigenvalue weighted by Gasteiger charge is -2.35. The van der Waals surface area contributed by atoms with Gasteiger partial charge in [-0.2, -0.15) is 0 Å². The van der Waals surface area contributed by atoms with Gasteiger partial charge in [0.05, 0.1) is 17.0 Å². The smallest absolute Gasteiger partial charge is 0.406 e. The number of imidazole rings is 1. The molecule has 0 saturated carbocycles. The molecule has 1 aliphatic heterocycles. The molecule has 214 valence electrons. The minimum absolute atomic E-state index is 0.114. The lowest BCUT2D eigenvalue weighted by molar-refractivity contribution is -0.274. The van der Waals surface area contributed by atoms with E-state index < -0.39 is 12.4 Å². The van der Waals surface area contributed by atoms with E-state index in [2.05, 4.69) is 15.0 Å². The van der Waals surface area contributed by atoms with Gasteiger partial charge in [0.2, 0.25) is 11.8 Å². The van der Waals surface area contributed by atoms with E-state index in [0.29, 0.717) is 48.0 Å². The number of amides is 2. The third kappa shape index (κ3) is 7.91. The maximum Gasteiger partial charge on any atom is 0.573 e. The van der Waals surface area contributed by atoms with Crippen molar-refractivity contribution in [1.29, 1.82) is 0 Å². The first-order chi connectivity index (χ1) is 19.1. The fourth-order valence-electron chi connectivity index (χ4n) is 4.81. The van der Waals surface area contributed by atoms with Gasteiger partial charge in [-0.25, -0.2) is 4.98 Å². The first kappa shape index (κ1) is 29.3. The second-order valence-electron chi connectivity index (χ2n) is 9.61. The van der Waals surface area contributed by atoms with Crippen molar-refractivity contribution in [3.05, 3.63) is 71.8 Å². The number of alkyl halides is 3. The van der Waals surface area contributed by atoms with Gasteiger partial charge >= 0.3 is 6.36 Å². The zero-order valence-electron chi connectivity index (χ0n) is 22.0. The molecule has 1 saturated heterocycles. The maximum absolute atomic E-state index is 13.2. The van der Waals surface area contributed by atoms with Crippen molar-refractivity contribution in [3.8, 4) is 5.75 Å². The fraction of sp³-hybridized carbons (Fsp3) is 0.393. The summed E-state index contributed by atoms with van der Waals surface area (Å²) in [5.41, 5.74) is 1.79. The number of carbonyl (C=O) groups excluding carboxylic acids is 2. The van der Waals surface area contributed by atoms with Gasteiger partial charge in [-0.15, -0.1) is 13.2 Å². The zero-order chi connectivity index (χ0) is 28.7. The second-order valence-corrected chi connectivity index (χ2v) is 10.0. The normalized spacial score (nSPS) is 15.5. The Labute approximate surface area is 235 Å². The van der Waals surface area contributed by atoms with E-state index in [9.17, 15) is 22.8 Å². The average Bonchev–Trinajstić information content (AvgIpc) is 3.41. The number of hydrogen-bond acceptors (Lipinski definition) is 5. The minimum Gasteiger partial charge on any atom is -0.406 e. The van der Waals surface area contributed by atoms with Gasteiger partial charge in [0, 0.05) is 37.7 Å². The van der Waals surface area contributed by atoms with Gasteiger partial charge in [0.1, 0.15) is 18.3 Å². The summed E-state index contributed by atoms with van der Waals surface area (Å²) in [6.45, 7) is 3.52. The standard InChI is InChI=1S/C28H31ClF3N5O3/c1-2-12-36(17-20-6-5-7-22(15-20)40-28(30,31)32)24-10-9-21(16-23(24)29)34-27(39)25-8-3-4-13-37(25)26(38)18-35-14-11-33-19-35/h5-7,9-11,14-16,19,25H,2-4,8,12-13,17-18H2,1H3,(H,34,39)/t25-/m1/s1. The largest absolute Gasteiger partial charge is 0.573 e. The molecule has 2 heterocycles. The molecule has 0 unspecified atom stereocenters. The Kier molecular flexibility index (Phi) is 9.57. The van der Waals surface area contributed by atoms with E-state index >= 15 is 0 Å². The number of carbonyl (C=O) groups is 2. The van der Waals surface area contributed by atoms with Crippen LogP contribution in [0.15, 0.2) is 61.2 Å². The predicted octanol–water partition coefficient (Wildman–Crippen LogP) is 5.87. The van der Waals surface area contributed by atoms with Crippen LogP contribution in [-0.4, -0.2) is 51.8 Å². The molecule has 12 heteroatoms. The monoisotopic (exact) mass is 577 g/mol. The van der Waals surface area contributed by atoms with Crippen molar-refractivity contribution < 1.29 is 27.5 Å². The van der Waals surface area contributed by atoms with E-state index in [0.717, 1.165) is 19.3 Å². The summed E-state index contributed by atoms with van der Waals surface area (Å²) >= 11 is 6.63. The highest BCUT2D eigenvalue weighted by Gasteiger charge is 2.33. The van der Waals surface area contributed by atoms with Crippen LogP contribution in [0.3, 0.4) is 0 Å². The lowest BCUT2D eigenvalue weighted by atomic mass is 10.0. The van der Waals surface area contributed by atoms with E-state index in [1.807, 2.05) is 11.8 Å². The number of rotatable bonds is 10. The summed E-state index contributed by atoms with van der Waals surface area (Å²) in [6, 6.07) is 10.4. The maximum atomic E-state index is 13.2. The summed E-state index contributed by atoms with van der Waals surface area (Å²) in [6.07, 6.45) is 3.11. The molecule has 4 rings (SSSR count). The molecule has 2 aromatic carbocycles. The molecule has 1 fully saturated rings. The van der Waals surface area contributed by atoms with Gasteiger partial charge in [-0.1, -0.05) is 30.7 Å². The highest BCUT2D eigenvalue weighted by atomic mass is 35.5. The van der Waals surface area contributed by atoms with Crippen LogP contribution in [0.2, 0.25) is 5.02 Å². The number of halogens is 4. The summed E-state index contributed by atoms with van der Waals surface area (Å²) in [5.74, 6) is -0.716. The Morgan fingerprint density at radius 2 is 2.02 bits per heavy atom. The number of piperidine rings is 1. The number of likely N-dealkylation sites (tertiary alicyclic amines) is 1. The number of ether oxygens (including phenoxy) is 1. The van der Waals surface area contributed by atoms with Crippen molar-refractivity contribution in [3.63, 3.8) is 0 Å². The number of nitrogens with one attached hydrogen (secondary N) is 1. The quantitative estimate of drug-likeness (QED) is 0.326. The minimum atomic E-state index is -4.77. The molecule has 1 atom stereocenters. The molecule has 1 aromatic heterocycles. The Morgan fingerprint density at radius 3 is 2.73 bits per heavy atom. The first-order valence-corrected chi connectivity index (χ1v) is 13.5. The number of aromatic nitrogens is 2. The van der Waals surface area contributed by atoms with Gasteiger partial charge in [-0.05, 0) is 61.6 Å². The topological polar surface area (TPSA) is 79.7 Å². The molecule has 1 N–H and O–H groups in total. The van der Waals surface area contributed by atoms with Crippen molar-refractivity contribution in [2.75, 3.05) is 23.3 Å². The van der Waals surface area contributed by atoms with Crippen LogP contribution >= 0.6 is 11.6 Å². The molecule has 2 amide bonds. The van der Waals surface area contributed by atoms with E-state index in [1.54, 1.807) is 52.5 Å². The molecule has 8 nitrogen and oxygen atoms in total. The number of nitrogens with zero attached hydrogens (tertiary/aromatic N) is 4. The third-order valence-electron chi connectivity index (χ3n) is 6.56. The predicted molar refractivity (Wildman–Crippen MR) is 146 cm³/mol. The van der Waals surface area contributed by atoms with E-state index in [-0.39, 0.29) is 24.1 Å². The highest BCUT2D eigenvalue weighted by Crippen LogP contribution is 2.32. The number of anilines is 2. The van der Waals surface area contributed by atoms with E-state index in [1.165, 1.54) is 18.2 Å². The number of hydrogen-bond donors (Lipinski definition) is 1. The molecule has 40 heavy (non-hydrogen) atoms. The lowest BCUT2D eigenvalue weighted by Crippen LogP contribution is -2.50. The first-order valence-electron chi connectivity index (χ1n) is 13.1. The van der Waals surface area contributed by atoms with Crippen LogP contribution in [0, 0.1) is 0 Å². The summed E-state index contributed by atoms with van der Waals surface area (Å²) in [5, 5.41) is 3.28. The molecule has 0 spiro atoms. The fourth-order valence-corrected chi connectivity index (χ4v) is 5.11. The van der Waals surface area contributed by atoms with E-state index in [4.69, 9.17) is 11.6 Å². The molecule has 3 aromatic rings.